The van der Waals surface area contributed by atoms with Crippen LogP contribution in [-0.2, 0) is 16.0 Å². The monoisotopic (exact) mass is 233 g/mol. The quantitative estimate of drug-likeness (QED) is 0.744. The highest BCUT2D eigenvalue weighted by molar-refractivity contribution is 6.12. The van der Waals surface area contributed by atoms with Gasteiger partial charge in [-0.05, 0) is 36.6 Å². The molecule has 0 spiro atoms. The highest BCUT2D eigenvalue weighted by Crippen LogP contribution is 2.12. The molecule has 2 rings (SSSR count). The number of imide groups is 1. The first-order valence-corrected chi connectivity index (χ1v) is 5.36. The first-order chi connectivity index (χ1) is 8.08. The Morgan fingerprint density at radius 2 is 1.82 bits per heavy atom. The maximum absolute atomic E-state index is 12.9. The summed E-state index contributed by atoms with van der Waals surface area (Å²) in [7, 11) is 0. The van der Waals surface area contributed by atoms with Crippen molar-refractivity contribution in [2.75, 3.05) is 6.54 Å². The average Bonchev–Trinajstić information content (AvgIpc) is 2.58. The number of hydrogen-bond donors (Lipinski definition) is 0. The molecule has 0 unspecified atom stereocenters. The van der Waals surface area contributed by atoms with Crippen molar-refractivity contribution >= 4 is 11.8 Å². The standard InChI is InChI=1S/C13H12FNO2/c1-9-8-11(14)3-2-10(9)6-7-15-12(16)4-5-13(15)17/h2-5,8H,6-7H2,1H3. The van der Waals surface area contributed by atoms with Crippen molar-refractivity contribution in [3.05, 3.63) is 47.3 Å². The minimum absolute atomic E-state index is 0.277. The van der Waals surface area contributed by atoms with Gasteiger partial charge in [0.25, 0.3) is 11.8 Å². The molecule has 3 nitrogen and oxygen atoms in total. The number of benzene rings is 1. The van der Waals surface area contributed by atoms with Crippen LogP contribution in [0.5, 0.6) is 0 Å². The van der Waals surface area contributed by atoms with E-state index in [1.807, 2.05) is 6.92 Å². The summed E-state index contributed by atoms with van der Waals surface area (Å²) in [4.78, 5) is 23.8. The van der Waals surface area contributed by atoms with Crippen LogP contribution in [0.3, 0.4) is 0 Å². The van der Waals surface area contributed by atoms with Crippen LogP contribution in [0.1, 0.15) is 11.1 Å². The fraction of sp³-hybridized carbons (Fsp3) is 0.231. The Morgan fingerprint density at radius 3 is 2.41 bits per heavy atom. The molecule has 0 radical (unpaired) electrons. The molecule has 1 aliphatic heterocycles. The van der Waals surface area contributed by atoms with Crippen molar-refractivity contribution in [3.8, 4) is 0 Å². The second kappa shape index (κ2) is 4.49. The molecule has 0 N–H and O–H groups in total. The van der Waals surface area contributed by atoms with Crippen LogP contribution in [0.4, 0.5) is 4.39 Å². The van der Waals surface area contributed by atoms with E-state index >= 15 is 0 Å². The molecule has 17 heavy (non-hydrogen) atoms. The van der Waals surface area contributed by atoms with E-state index in [0.717, 1.165) is 11.1 Å². The highest BCUT2D eigenvalue weighted by Gasteiger charge is 2.22. The number of hydrogen-bond acceptors (Lipinski definition) is 2. The van der Waals surface area contributed by atoms with Crippen LogP contribution in [-0.4, -0.2) is 23.3 Å². The normalized spacial score (nSPS) is 14.8. The van der Waals surface area contributed by atoms with E-state index in [2.05, 4.69) is 0 Å². The van der Waals surface area contributed by atoms with Crippen molar-refractivity contribution in [3.63, 3.8) is 0 Å². The van der Waals surface area contributed by atoms with Crippen molar-refractivity contribution < 1.29 is 14.0 Å². The van der Waals surface area contributed by atoms with Crippen LogP contribution in [0.15, 0.2) is 30.4 Å². The van der Waals surface area contributed by atoms with Crippen molar-refractivity contribution in [2.45, 2.75) is 13.3 Å². The molecule has 0 aromatic heterocycles. The number of carbonyl (C=O) groups excluding carboxylic acids is 2. The lowest BCUT2D eigenvalue weighted by molar-refractivity contribution is -0.136. The van der Waals surface area contributed by atoms with E-state index in [-0.39, 0.29) is 17.6 Å². The number of halogens is 1. The topological polar surface area (TPSA) is 37.4 Å². The summed E-state index contributed by atoms with van der Waals surface area (Å²) in [5, 5.41) is 0. The molecular weight excluding hydrogens is 221 g/mol. The summed E-state index contributed by atoms with van der Waals surface area (Å²) in [6.45, 7) is 2.14. The molecule has 0 saturated carbocycles. The largest absolute Gasteiger partial charge is 0.275 e. The SMILES string of the molecule is Cc1cc(F)ccc1CCN1C(=O)C=CC1=O. The fourth-order valence-electron chi connectivity index (χ4n) is 1.82. The number of carbonyl (C=O) groups is 2. The van der Waals surface area contributed by atoms with Gasteiger partial charge in [-0.3, -0.25) is 14.5 Å². The predicted octanol–water partition coefficient (Wildman–Crippen LogP) is 1.60. The van der Waals surface area contributed by atoms with Crippen molar-refractivity contribution in [1.29, 1.82) is 0 Å². The zero-order chi connectivity index (χ0) is 12.4. The summed E-state index contributed by atoms with van der Waals surface area (Å²) >= 11 is 0. The summed E-state index contributed by atoms with van der Waals surface area (Å²) in [5.41, 5.74) is 1.77. The Bertz CT molecular complexity index is 490. The summed E-state index contributed by atoms with van der Waals surface area (Å²) in [6.07, 6.45) is 3.07. The summed E-state index contributed by atoms with van der Waals surface area (Å²) < 4.78 is 12.9. The zero-order valence-corrected chi connectivity index (χ0v) is 9.44. The molecule has 88 valence electrons. The molecular formula is C13H12FNO2. The Labute approximate surface area is 98.5 Å². The van der Waals surface area contributed by atoms with Gasteiger partial charge in [-0.25, -0.2) is 4.39 Å². The number of rotatable bonds is 3. The van der Waals surface area contributed by atoms with Crippen molar-refractivity contribution in [2.24, 2.45) is 0 Å². The molecule has 1 heterocycles. The van der Waals surface area contributed by atoms with Gasteiger partial charge >= 0.3 is 0 Å². The van der Waals surface area contributed by atoms with Crippen LogP contribution >= 0.6 is 0 Å². The second-order valence-corrected chi connectivity index (χ2v) is 3.98. The van der Waals surface area contributed by atoms with E-state index in [1.54, 1.807) is 6.07 Å². The van der Waals surface area contributed by atoms with Gasteiger partial charge in [0, 0.05) is 18.7 Å². The van der Waals surface area contributed by atoms with E-state index in [1.165, 1.54) is 29.2 Å². The van der Waals surface area contributed by atoms with Gasteiger partial charge in [0.2, 0.25) is 0 Å². The third-order valence-corrected chi connectivity index (χ3v) is 2.81. The second-order valence-electron chi connectivity index (χ2n) is 3.98. The lowest BCUT2D eigenvalue weighted by atomic mass is 10.1. The fourth-order valence-corrected chi connectivity index (χ4v) is 1.82. The molecule has 1 aromatic rings. The first kappa shape index (κ1) is 11.5. The Morgan fingerprint density at radius 1 is 1.18 bits per heavy atom. The molecule has 0 saturated heterocycles. The summed E-state index contributed by atoms with van der Waals surface area (Å²) in [6, 6.07) is 4.51. The smallest absolute Gasteiger partial charge is 0.253 e. The molecule has 0 bridgehead atoms. The van der Waals surface area contributed by atoms with Crippen molar-refractivity contribution in [1.82, 2.24) is 4.90 Å². The molecule has 4 heteroatoms. The Kier molecular flexibility index (Phi) is 3.04. The predicted molar refractivity (Wildman–Crippen MR) is 60.7 cm³/mol. The van der Waals surface area contributed by atoms with Gasteiger partial charge < -0.3 is 0 Å². The molecule has 0 aliphatic carbocycles. The number of nitrogens with zero attached hydrogens (tertiary/aromatic N) is 1. The van der Waals surface area contributed by atoms with Gasteiger partial charge in [-0.15, -0.1) is 0 Å². The number of aryl methyl sites for hydroxylation is 1. The number of amides is 2. The van der Waals surface area contributed by atoms with Gasteiger partial charge in [0.05, 0.1) is 0 Å². The third-order valence-electron chi connectivity index (χ3n) is 2.81. The molecule has 2 amide bonds. The first-order valence-electron chi connectivity index (χ1n) is 5.36. The maximum Gasteiger partial charge on any atom is 0.253 e. The third kappa shape index (κ3) is 2.41. The highest BCUT2D eigenvalue weighted by atomic mass is 19.1. The molecule has 0 fully saturated rings. The Balaban J connectivity index is 2.03. The zero-order valence-electron chi connectivity index (χ0n) is 9.44. The van der Waals surface area contributed by atoms with Crippen LogP contribution < -0.4 is 0 Å². The van der Waals surface area contributed by atoms with E-state index in [9.17, 15) is 14.0 Å². The molecule has 1 aliphatic rings. The van der Waals surface area contributed by atoms with Gasteiger partial charge in [0.15, 0.2) is 0 Å². The maximum atomic E-state index is 12.9. The van der Waals surface area contributed by atoms with Crippen LogP contribution in [0.25, 0.3) is 0 Å². The van der Waals surface area contributed by atoms with Gasteiger partial charge in [0.1, 0.15) is 5.82 Å². The Hall–Kier alpha value is -1.97. The minimum Gasteiger partial charge on any atom is -0.275 e. The van der Waals surface area contributed by atoms with Crippen LogP contribution in [0, 0.1) is 12.7 Å². The average molecular weight is 233 g/mol. The lowest BCUT2D eigenvalue weighted by Gasteiger charge is -2.14. The molecule has 1 aromatic carbocycles. The minimum atomic E-state index is -0.283. The molecule has 0 atom stereocenters. The van der Waals surface area contributed by atoms with Crippen LogP contribution in [0.2, 0.25) is 0 Å². The van der Waals surface area contributed by atoms with Gasteiger partial charge in [-0.1, -0.05) is 6.07 Å². The van der Waals surface area contributed by atoms with Gasteiger partial charge in [-0.2, -0.15) is 0 Å². The summed E-state index contributed by atoms with van der Waals surface area (Å²) in [5.74, 6) is -0.842. The van der Waals surface area contributed by atoms with E-state index in [4.69, 9.17) is 0 Å². The van der Waals surface area contributed by atoms with E-state index < -0.39 is 0 Å². The lowest BCUT2D eigenvalue weighted by Crippen LogP contribution is -2.32. The van der Waals surface area contributed by atoms with E-state index in [0.29, 0.717) is 13.0 Å².